The molecule has 1 unspecified atom stereocenters. The van der Waals surface area contributed by atoms with E-state index in [1.807, 2.05) is 31.4 Å². The Morgan fingerprint density at radius 1 is 1.11 bits per heavy atom. The van der Waals surface area contributed by atoms with Gasteiger partial charge in [-0.25, -0.2) is 4.98 Å². The van der Waals surface area contributed by atoms with Crippen molar-refractivity contribution < 1.29 is 9.53 Å². The van der Waals surface area contributed by atoms with Gasteiger partial charge in [-0.15, -0.1) is 24.5 Å². The summed E-state index contributed by atoms with van der Waals surface area (Å²) in [4.78, 5) is 16.7. The largest absolute Gasteiger partial charge is 0.457 e. The predicted octanol–water partition coefficient (Wildman–Crippen LogP) is 7.43. The Hall–Kier alpha value is -1.68. The number of ether oxygens (including phenoxy) is 1. The van der Waals surface area contributed by atoms with E-state index >= 15 is 0 Å². The number of nitrogens with zero attached hydrogens (tertiary/aromatic N) is 1. The maximum atomic E-state index is 12.2. The van der Waals surface area contributed by atoms with Crippen LogP contribution in [0.25, 0.3) is 6.08 Å². The van der Waals surface area contributed by atoms with Crippen LogP contribution in [0.1, 0.15) is 88.3 Å². The minimum atomic E-state index is -0.248. The first-order valence-corrected chi connectivity index (χ1v) is 11.5. The highest BCUT2D eigenvalue weighted by molar-refractivity contribution is 7.09. The molecular formula is C24H37NO2S. The number of thiazole rings is 1. The number of hydrogen-bond acceptors (Lipinski definition) is 4. The number of carbonyl (C=O) groups excluding carboxylic acids is 1. The van der Waals surface area contributed by atoms with Crippen LogP contribution in [-0.4, -0.2) is 17.1 Å². The third-order valence-corrected chi connectivity index (χ3v) is 5.51. The van der Waals surface area contributed by atoms with Crippen LogP contribution in [0.3, 0.4) is 0 Å². The molecule has 1 aromatic heterocycles. The van der Waals surface area contributed by atoms with Gasteiger partial charge in [0.05, 0.1) is 10.7 Å². The molecule has 0 spiro atoms. The fourth-order valence-electron chi connectivity index (χ4n) is 3.09. The van der Waals surface area contributed by atoms with E-state index in [-0.39, 0.29) is 12.1 Å². The average molecular weight is 404 g/mol. The van der Waals surface area contributed by atoms with Gasteiger partial charge in [0, 0.05) is 18.2 Å². The molecule has 156 valence electrons. The van der Waals surface area contributed by atoms with Gasteiger partial charge in [-0.3, -0.25) is 4.79 Å². The molecule has 0 saturated carbocycles. The summed E-state index contributed by atoms with van der Waals surface area (Å²) >= 11 is 1.62. The lowest BCUT2D eigenvalue weighted by Crippen LogP contribution is -2.18. The number of aryl methyl sites for hydroxylation is 1. The number of esters is 1. The maximum absolute atomic E-state index is 12.2. The zero-order valence-corrected chi connectivity index (χ0v) is 18.6. The van der Waals surface area contributed by atoms with Crippen LogP contribution in [0.15, 0.2) is 36.3 Å². The van der Waals surface area contributed by atoms with Crippen molar-refractivity contribution in [3.05, 3.63) is 47.0 Å². The Kier molecular flexibility index (Phi) is 13.3. The van der Waals surface area contributed by atoms with Gasteiger partial charge in [-0.1, -0.05) is 50.7 Å². The maximum Gasteiger partial charge on any atom is 0.306 e. The summed E-state index contributed by atoms with van der Waals surface area (Å²) in [5.74, 6) is -0.113. The monoisotopic (exact) mass is 403 g/mol. The number of carbonyl (C=O) groups is 1. The molecule has 4 heteroatoms. The van der Waals surface area contributed by atoms with Gasteiger partial charge < -0.3 is 4.74 Å². The molecule has 1 aromatic rings. The van der Waals surface area contributed by atoms with Crippen molar-refractivity contribution in [2.75, 3.05) is 0 Å². The second kappa shape index (κ2) is 15.3. The molecule has 0 fully saturated rings. The number of hydrogen-bond donors (Lipinski definition) is 0. The minimum Gasteiger partial charge on any atom is -0.457 e. The Morgan fingerprint density at radius 2 is 1.75 bits per heavy atom. The van der Waals surface area contributed by atoms with Gasteiger partial charge in [0.2, 0.25) is 0 Å². The summed E-state index contributed by atoms with van der Waals surface area (Å²) in [7, 11) is 0. The van der Waals surface area contributed by atoms with Crippen molar-refractivity contribution in [2.45, 2.75) is 90.6 Å². The summed E-state index contributed by atoms with van der Waals surface area (Å²) in [5, 5.41) is 3.05. The lowest BCUT2D eigenvalue weighted by molar-refractivity contribution is -0.147. The molecule has 0 aliphatic heterocycles. The van der Waals surface area contributed by atoms with Crippen LogP contribution >= 0.6 is 11.3 Å². The third kappa shape index (κ3) is 11.2. The van der Waals surface area contributed by atoms with Crippen LogP contribution in [-0.2, 0) is 9.53 Å². The molecule has 1 rings (SSSR count). The van der Waals surface area contributed by atoms with E-state index in [2.05, 4.69) is 18.1 Å². The Bertz CT molecular complexity index is 618. The van der Waals surface area contributed by atoms with E-state index in [0.29, 0.717) is 12.8 Å². The molecule has 0 radical (unpaired) electrons. The third-order valence-electron chi connectivity index (χ3n) is 4.71. The number of unbranched alkanes of at least 4 members (excludes halogenated alkanes) is 8. The minimum absolute atomic E-state index is 0.113. The van der Waals surface area contributed by atoms with Gasteiger partial charge in [-0.05, 0) is 44.8 Å². The SMILES string of the molecule is C=CCCCCCCCCCCC(=O)OC(CC=C)/C(C)=C/c1csc(C)n1. The smallest absolute Gasteiger partial charge is 0.306 e. The van der Waals surface area contributed by atoms with E-state index in [9.17, 15) is 4.79 Å². The molecular weight excluding hydrogens is 366 g/mol. The zero-order chi connectivity index (χ0) is 20.6. The molecule has 28 heavy (non-hydrogen) atoms. The topological polar surface area (TPSA) is 39.2 Å². The van der Waals surface area contributed by atoms with E-state index in [1.54, 1.807) is 17.4 Å². The van der Waals surface area contributed by atoms with Crippen molar-refractivity contribution in [3.63, 3.8) is 0 Å². The number of aromatic nitrogens is 1. The van der Waals surface area contributed by atoms with Crippen molar-refractivity contribution >= 4 is 23.4 Å². The van der Waals surface area contributed by atoms with Crippen molar-refractivity contribution in [1.82, 2.24) is 4.98 Å². The Labute approximate surface area is 175 Å². The first-order chi connectivity index (χ1) is 13.6. The molecule has 0 aliphatic carbocycles. The summed E-state index contributed by atoms with van der Waals surface area (Å²) in [6.45, 7) is 11.5. The van der Waals surface area contributed by atoms with Gasteiger partial charge >= 0.3 is 5.97 Å². The van der Waals surface area contributed by atoms with E-state index in [1.165, 1.54) is 38.5 Å². The van der Waals surface area contributed by atoms with E-state index < -0.39 is 0 Å². The van der Waals surface area contributed by atoms with Crippen LogP contribution in [0.4, 0.5) is 0 Å². The highest BCUT2D eigenvalue weighted by atomic mass is 32.1. The summed E-state index contributed by atoms with van der Waals surface area (Å²) in [5.41, 5.74) is 1.93. The average Bonchev–Trinajstić information content (AvgIpc) is 3.07. The Balaban J connectivity index is 2.24. The molecule has 1 heterocycles. The highest BCUT2D eigenvalue weighted by Crippen LogP contribution is 2.18. The fourth-order valence-corrected chi connectivity index (χ4v) is 3.66. The molecule has 0 aliphatic rings. The molecule has 0 bridgehead atoms. The first-order valence-electron chi connectivity index (χ1n) is 10.6. The summed E-state index contributed by atoms with van der Waals surface area (Å²) in [6.07, 6.45) is 17.4. The second-order valence-electron chi connectivity index (χ2n) is 7.34. The molecule has 0 saturated heterocycles. The first kappa shape index (κ1) is 24.4. The number of rotatable bonds is 16. The van der Waals surface area contributed by atoms with Crippen LogP contribution in [0, 0.1) is 6.92 Å². The van der Waals surface area contributed by atoms with Crippen LogP contribution in [0.2, 0.25) is 0 Å². The van der Waals surface area contributed by atoms with E-state index in [4.69, 9.17) is 4.74 Å². The van der Waals surface area contributed by atoms with Gasteiger partial charge in [-0.2, -0.15) is 0 Å². The quantitative estimate of drug-likeness (QED) is 0.164. The normalized spacial score (nSPS) is 12.6. The van der Waals surface area contributed by atoms with Crippen molar-refractivity contribution in [3.8, 4) is 0 Å². The summed E-state index contributed by atoms with van der Waals surface area (Å²) < 4.78 is 5.70. The Morgan fingerprint density at radius 3 is 2.32 bits per heavy atom. The predicted molar refractivity (Wildman–Crippen MR) is 122 cm³/mol. The van der Waals surface area contributed by atoms with Gasteiger partial charge in [0.1, 0.15) is 6.10 Å². The fraction of sp³-hybridized carbons (Fsp3) is 0.583. The zero-order valence-electron chi connectivity index (χ0n) is 17.8. The lowest BCUT2D eigenvalue weighted by Gasteiger charge is -2.17. The van der Waals surface area contributed by atoms with Crippen molar-refractivity contribution in [2.24, 2.45) is 0 Å². The number of allylic oxidation sites excluding steroid dienone is 1. The van der Waals surface area contributed by atoms with E-state index in [0.717, 1.165) is 35.5 Å². The molecule has 0 aromatic carbocycles. The van der Waals surface area contributed by atoms with Gasteiger partial charge in [0.25, 0.3) is 0 Å². The van der Waals surface area contributed by atoms with Crippen LogP contribution < -0.4 is 0 Å². The molecule has 1 atom stereocenters. The standard InChI is InChI=1S/C24H37NO2S/c1-5-7-8-9-10-11-12-13-14-15-17-24(26)27-23(16-6-2)20(3)18-22-19-28-21(4)25-22/h5-6,18-19,23H,1-2,7-17H2,3-4H3/b20-18+. The lowest BCUT2D eigenvalue weighted by atomic mass is 10.1. The summed E-state index contributed by atoms with van der Waals surface area (Å²) in [6, 6.07) is 0. The molecule has 0 amide bonds. The molecule has 3 nitrogen and oxygen atoms in total. The second-order valence-corrected chi connectivity index (χ2v) is 8.40. The highest BCUT2D eigenvalue weighted by Gasteiger charge is 2.15. The van der Waals surface area contributed by atoms with Crippen LogP contribution in [0.5, 0.6) is 0 Å². The molecule has 0 N–H and O–H groups in total. The van der Waals surface area contributed by atoms with Crippen molar-refractivity contribution in [1.29, 1.82) is 0 Å². The van der Waals surface area contributed by atoms with Gasteiger partial charge in [0.15, 0.2) is 0 Å².